The van der Waals surface area contributed by atoms with Gasteiger partial charge in [0.05, 0.1) is 25.2 Å². The third-order valence-corrected chi connectivity index (χ3v) is 2.67. The van der Waals surface area contributed by atoms with Gasteiger partial charge in [-0.3, -0.25) is 4.79 Å². The van der Waals surface area contributed by atoms with Crippen LogP contribution in [0.2, 0.25) is 0 Å². The van der Waals surface area contributed by atoms with E-state index >= 15 is 0 Å². The molecule has 0 radical (unpaired) electrons. The Hall–Kier alpha value is -0.570. The summed E-state index contributed by atoms with van der Waals surface area (Å²) in [6, 6.07) is 0. The molecule has 0 bridgehead atoms. The lowest BCUT2D eigenvalue weighted by Gasteiger charge is -2.28. The van der Waals surface area contributed by atoms with Gasteiger partial charge >= 0.3 is 5.97 Å². The molecule has 0 spiro atoms. The first-order valence-corrected chi connectivity index (χ1v) is 5.36. The van der Waals surface area contributed by atoms with Crippen molar-refractivity contribution in [2.45, 2.75) is 51.7 Å². The van der Waals surface area contributed by atoms with E-state index in [1.165, 1.54) is 7.11 Å². The molecule has 0 aromatic carbocycles. The Morgan fingerprint density at radius 2 is 1.79 bits per heavy atom. The maximum absolute atomic E-state index is 11.2. The Labute approximate surface area is 85.8 Å². The van der Waals surface area contributed by atoms with E-state index in [4.69, 9.17) is 9.47 Å². The topological polar surface area (TPSA) is 35.5 Å². The number of methoxy groups -OCH3 is 1. The van der Waals surface area contributed by atoms with Gasteiger partial charge in [0.15, 0.2) is 0 Å². The number of esters is 1. The molecule has 0 unspecified atom stereocenters. The smallest absolute Gasteiger partial charge is 0.308 e. The summed E-state index contributed by atoms with van der Waals surface area (Å²) in [7, 11) is 1.46. The Morgan fingerprint density at radius 1 is 1.21 bits per heavy atom. The van der Waals surface area contributed by atoms with Gasteiger partial charge in [-0.2, -0.15) is 0 Å². The van der Waals surface area contributed by atoms with Crippen LogP contribution in [0.4, 0.5) is 0 Å². The van der Waals surface area contributed by atoms with Crippen LogP contribution in [0.25, 0.3) is 0 Å². The molecule has 0 amide bonds. The molecule has 1 fully saturated rings. The van der Waals surface area contributed by atoms with Crippen molar-refractivity contribution < 1.29 is 14.3 Å². The maximum atomic E-state index is 11.2. The van der Waals surface area contributed by atoms with Crippen molar-refractivity contribution in [1.82, 2.24) is 0 Å². The molecule has 0 atom stereocenters. The second-order valence-corrected chi connectivity index (χ2v) is 4.18. The molecule has 14 heavy (non-hydrogen) atoms. The van der Waals surface area contributed by atoms with E-state index in [2.05, 4.69) is 0 Å². The zero-order valence-electron chi connectivity index (χ0n) is 9.29. The van der Waals surface area contributed by atoms with Crippen molar-refractivity contribution >= 4 is 5.97 Å². The zero-order chi connectivity index (χ0) is 10.6. The van der Waals surface area contributed by atoms with Gasteiger partial charge in [0.25, 0.3) is 0 Å². The largest absolute Gasteiger partial charge is 0.469 e. The first-order valence-electron chi connectivity index (χ1n) is 5.36. The van der Waals surface area contributed by atoms with Crippen LogP contribution in [0.15, 0.2) is 0 Å². The lowest BCUT2D eigenvalue weighted by atomic mass is 9.87. The second kappa shape index (κ2) is 5.35. The molecule has 3 heteroatoms. The number of hydrogen-bond acceptors (Lipinski definition) is 3. The molecule has 1 aliphatic carbocycles. The molecule has 1 saturated carbocycles. The molecule has 0 saturated heterocycles. The van der Waals surface area contributed by atoms with Crippen LogP contribution in [-0.2, 0) is 14.3 Å². The summed E-state index contributed by atoms with van der Waals surface area (Å²) >= 11 is 0. The van der Waals surface area contributed by atoms with Crippen molar-refractivity contribution in [2.75, 3.05) is 7.11 Å². The van der Waals surface area contributed by atoms with Gasteiger partial charge < -0.3 is 9.47 Å². The van der Waals surface area contributed by atoms with Crippen LogP contribution in [0.5, 0.6) is 0 Å². The van der Waals surface area contributed by atoms with E-state index in [1.54, 1.807) is 0 Å². The zero-order valence-corrected chi connectivity index (χ0v) is 9.29. The number of carbonyl (C=O) groups excluding carboxylic acids is 1. The average Bonchev–Trinajstić information content (AvgIpc) is 2.17. The standard InChI is InChI=1S/C11H20O3/c1-8(2)14-10-6-4-9(5-7-10)11(12)13-3/h8-10H,4-7H2,1-3H3/t9-,10-. The minimum Gasteiger partial charge on any atom is -0.469 e. The first-order chi connectivity index (χ1) is 6.63. The summed E-state index contributed by atoms with van der Waals surface area (Å²) in [4.78, 5) is 11.2. The molecule has 1 rings (SSSR count). The van der Waals surface area contributed by atoms with Crippen LogP contribution >= 0.6 is 0 Å². The van der Waals surface area contributed by atoms with Gasteiger partial charge in [-0.05, 0) is 39.5 Å². The molecule has 0 aliphatic heterocycles. The van der Waals surface area contributed by atoms with Crippen LogP contribution in [0, 0.1) is 5.92 Å². The van der Waals surface area contributed by atoms with E-state index in [9.17, 15) is 4.79 Å². The van der Waals surface area contributed by atoms with Gasteiger partial charge in [0.1, 0.15) is 0 Å². The molecule has 1 aliphatic rings. The molecule has 0 aromatic rings. The van der Waals surface area contributed by atoms with E-state index < -0.39 is 0 Å². The van der Waals surface area contributed by atoms with Crippen molar-refractivity contribution in [1.29, 1.82) is 0 Å². The van der Waals surface area contributed by atoms with Crippen LogP contribution in [-0.4, -0.2) is 25.3 Å². The maximum Gasteiger partial charge on any atom is 0.308 e. The van der Waals surface area contributed by atoms with Crippen LogP contribution in [0.1, 0.15) is 39.5 Å². The van der Waals surface area contributed by atoms with E-state index in [-0.39, 0.29) is 18.0 Å². The highest BCUT2D eigenvalue weighted by Crippen LogP contribution is 2.27. The van der Waals surface area contributed by atoms with Gasteiger partial charge in [-0.25, -0.2) is 0 Å². The normalized spacial score (nSPS) is 27.7. The molecule has 3 nitrogen and oxygen atoms in total. The lowest BCUT2D eigenvalue weighted by molar-refractivity contribution is -0.147. The molecule has 0 heterocycles. The summed E-state index contributed by atoms with van der Waals surface area (Å²) in [5.74, 6) is 0.0417. The number of carbonyl (C=O) groups is 1. The fourth-order valence-electron chi connectivity index (χ4n) is 1.99. The predicted molar refractivity (Wildman–Crippen MR) is 54.0 cm³/mol. The van der Waals surface area contributed by atoms with Crippen molar-refractivity contribution in [3.63, 3.8) is 0 Å². The lowest BCUT2D eigenvalue weighted by Crippen LogP contribution is -2.28. The number of rotatable bonds is 3. The Balaban J connectivity index is 2.27. The van der Waals surface area contributed by atoms with Crippen LogP contribution in [0.3, 0.4) is 0 Å². The predicted octanol–water partition coefficient (Wildman–Crippen LogP) is 2.14. The highest BCUT2D eigenvalue weighted by atomic mass is 16.5. The fraction of sp³-hybridized carbons (Fsp3) is 0.909. The van der Waals surface area contributed by atoms with Gasteiger partial charge in [0.2, 0.25) is 0 Å². The molecule has 0 aromatic heterocycles. The number of ether oxygens (including phenoxy) is 2. The van der Waals surface area contributed by atoms with Gasteiger partial charge in [-0.15, -0.1) is 0 Å². The Bertz CT molecular complexity index is 181. The highest BCUT2D eigenvalue weighted by molar-refractivity contribution is 5.72. The molecule has 0 N–H and O–H groups in total. The summed E-state index contributed by atoms with van der Waals surface area (Å²) in [6.07, 6.45) is 4.41. The summed E-state index contributed by atoms with van der Waals surface area (Å²) < 4.78 is 10.4. The van der Waals surface area contributed by atoms with Crippen molar-refractivity contribution in [3.05, 3.63) is 0 Å². The van der Waals surface area contributed by atoms with E-state index in [1.807, 2.05) is 13.8 Å². The van der Waals surface area contributed by atoms with E-state index in [0.29, 0.717) is 6.10 Å². The Kier molecular flexibility index (Phi) is 4.39. The summed E-state index contributed by atoms with van der Waals surface area (Å²) in [6.45, 7) is 4.10. The van der Waals surface area contributed by atoms with Crippen molar-refractivity contribution in [3.8, 4) is 0 Å². The van der Waals surface area contributed by atoms with Gasteiger partial charge in [0, 0.05) is 0 Å². The SMILES string of the molecule is COC(=O)[C@H]1CC[C@H](OC(C)C)CC1. The average molecular weight is 200 g/mol. The van der Waals surface area contributed by atoms with E-state index in [0.717, 1.165) is 25.7 Å². The third-order valence-electron chi connectivity index (χ3n) is 2.67. The summed E-state index contributed by atoms with van der Waals surface area (Å²) in [5, 5.41) is 0. The molecular weight excluding hydrogens is 180 g/mol. The number of hydrogen-bond donors (Lipinski definition) is 0. The first kappa shape index (κ1) is 11.5. The fourth-order valence-corrected chi connectivity index (χ4v) is 1.99. The van der Waals surface area contributed by atoms with Gasteiger partial charge in [-0.1, -0.05) is 0 Å². The second-order valence-electron chi connectivity index (χ2n) is 4.18. The minimum atomic E-state index is -0.0620. The van der Waals surface area contributed by atoms with Crippen molar-refractivity contribution in [2.24, 2.45) is 5.92 Å². The third kappa shape index (κ3) is 3.29. The Morgan fingerprint density at radius 3 is 2.21 bits per heavy atom. The monoisotopic (exact) mass is 200 g/mol. The molecule has 82 valence electrons. The highest BCUT2D eigenvalue weighted by Gasteiger charge is 2.27. The minimum absolute atomic E-state index is 0.0620. The quantitative estimate of drug-likeness (QED) is 0.655. The van der Waals surface area contributed by atoms with Crippen LogP contribution < -0.4 is 0 Å². The summed E-state index contributed by atoms with van der Waals surface area (Å²) in [5.41, 5.74) is 0. The molecular formula is C11H20O3.